The average Bonchev–Trinajstić information content (AvgIpc) is 3.19. The zero-order chi connectivity index (χ0) is 19.4. The maximum Gasteiger partial charge on any atom is 0.325 e. The van der Waals surface area contributed by atoms with Crippen LogP contribution >= 0.6 is 0 Å². The summed E-state index contributed by atoms with van der Waals surface area (Å²) in [7, 11) is 0. The number of amides is 4. The van der Waals surface area contributed by atoms with Gasteiger partial charge < -0.3 is 20.1 Å². The van der Waals surface area contributed by atoms with Crippen molar-refractivity contribution >= 4 is 23.5 Å². The minimum atomic E-state index is -0.817. The summed E-state index contributed by atoms with van der Waals surface area (Å²) >= 11 is 0. The average molecular weight is 375 g/mol. The van der Waals surface area contributed by atoms with Crippen molar-refractivity contribution in [2.75, 3.05) is 25.1 Å². The van der Waals surface area contributed by atoms with E-state index in [0.29, 0.717) is 43.2 Å². The molecule has 1 heterocycles. The predicted molar refractivity (Wildman–Crippen MR) is 98.9 cm³/mol. The Bertz CT molecular complexity index is 743. The fourth-order valence-corrected chi connectivity index (χ4v) is 3.62. The highest BCUT2D eigenvalue weighted by atomic mass is 16.5. The molecule has 1 aromatic rings. The number of anilines is 1. The molecule has 0 aromatic heterocycles. The zero-order valence-corrected chi connectivity index (χ0v) is 15.7. The van der Waals surface area contributed by atoms with Crippen molar-refractivity contribution in [3.63, 3.8) is 0 Å². The van der Waals surface area contributed by atoms with Gasteiger partial charge in [-0.2, -0.15) is 0 Å². The number of ether oxygens (including phenoxy) is 2. The molecule has 1 saturated heterocycles. The Hall–Kier alpha value is -2.77. The molecule has 1 aromatic carbocycles. The highest BCUT2D eigenvalue weighted by Crippen LogP contribution is 2.35. The molecule has 1 aliphatic carbocycles. The SMILES string of the molecule is CCOc1ccc(OCC)c(NC(=O)CN2C(=O)NC3(CCCC3)C2=O)c1. The second kappa shape index (κ2) is 7.85. The van der Waals surface area contributed by atoms with Crippen LogP contribution in [-0.4, -0.2) is 48.0 Å². The van der Waals surface area contributed by atoms with Gasteiger partial charge in [0.15, 0.2) is 0 Å². The lowest BCUT2D eigenvalue weighted by atomic mass is 9.98. The first-order valence-electron chi connectivity index (χ1n) is 9.32. The van der Waals surface area contributed by atoms with Crippen LogP contribution < -0.4 is 20.1 Å². The summed E-state index contributed by atoms with van der Waals surface area (Å²) in [6, 6.07) is 4.62. The van der Waals surface area contributed by atoms with Gasteiger partial charge in [0.2, 0.25) is 5.91 Å². The number of hydrogen-bond acceptors (Lipinski definition) is 5. The standard InChI is InChI=1S/C19H25N3O5/c1-3-26-13-7-8-15(27-4-2)14(11-13)20-16(23)12-22-17(24)19(21-18(22)25)9-5-6-10-19/h7-8,11H,3-6,9-10,12H2,1-2H3,(H,20,23)(H,21,25). The highest BCUT2D eigenvalue weighted by molar-refractivity contribution is 6.10. The number of urea groups is 1. The monoisotopic (exact) mass is 375 g/mol. The number of benzene rings is 1. The van der Waals surface area contributed by atoms with E-state index < -0.39 is 17.5 Å². The Morgan fingerprint density at radius 3 is 2.56 bits per heavy atom. The molecule has 4 amide bonds. The van der Waals surface area contributed by atoms with Crippen LogP contribution in [0.2, 0.25) is 0 Å². The summed E-state index contributed by atoms with van der Waals surface area (Å²) < 4.78 is 11.0. The van der Waals surface area contributed by atoms with Gasteiger partial charge in [0.05, 0.1) is 18.9 Å². The number of carbonyl (C=O) groups is 3. The van der Waals surface area contributed by atoms with Gasteiger partial charge in [-0.3, -0.25) is 14.5 Å². The minimum absolute atomic E-state index is 0.312. The van der Waals surface area contributed by atoms with Gasteiger partial charge in [-0.25, -0.2) is 4.79 Å². The molecular formula is C19H25N3O5. The van der Waals surface area contributed by atoms with E-state index in [-0.39, 0.29) is 12.5 Å². The molecule has 1 aliphatic heterocycles. The van der Waals surface area contributed by atoms with Gasteiger partial charge in [0.25, 0.3) is 5.91 Å². The van der Waals surface area contributed by atoms with Crippen molar-refractivity contribution < 1.29 is 23.9 Å². The predicted octanol–water partition coefficient (Wildman–Crippen LogP) is 2.29. The smallest absolute Gasteiger partial charge is 0.325 e. The lowest BCUT2D eigenvalue weighted by Crippen LogP contribution is -2.44. The largest absolute Gasteiger partial charge is 0.494 e. The Morgan fingerprint density at radius 1 is 1.19 bits per heavy atom. The van der Waals surface area contributed by atoms with Gasteiger partial charge in [-0.15, -0.1) is 0 Å². The van der Waals surface area contributed by atoms with Crippen LogP contribution in [-0.2, 0) is 9.59 Å². The van der Waals surface area contributed by atoms with E-state index in [9.17, 15) is 14.4 Å². The van der Waals surface area contributed by atoms with Crippen molar-refractivity contribution in [2.24, 2.45) is 0 Å². The highest BCUT2D eigenvalue weighted by Gasteiger charge is 2.52. The maximum absolute atomic E-state index is 12.7. The van der Waals surface area contributed by atoms with Crippen LogP contribution in [0.1, 0.15) is 39.5 Å². The molecular weight excluding hydrogens is 350 g/mol. The van der Waals surface area contributed by atoms with Crippen molar-refractivity contribution in [2.45, 2.75) is 45.1 Å². The molecule has 3 rings (SSSR count). The molecule has 27 heavy (non-hydrogen) atoms. The number of imide groups is 1. The van der Waals surface area contributed by atoms with Crippen LogP contribution in [0.5, 0.6) is 11.5 Å². The number of rotatable bonds is 7. The molecule has 0 radical (unpaired) electrons. The summed E-state index contributed by atoms with van der Waals surface area (Å²) in [6.07, 6.45) is 3.04. The Labute approximate surface area is 158 Å². The van der Waals surface area contributed by atoms with Gasteiger partial charge >= 0.3 is 6.03 Å². The van der Waals surface area contributed by atoms with E-state index in [2.05, 4.69) is 10.6 Å². The van der Waals surface area contributed by atoms with E-state index >= 15 is 0 Å². The first-order chi connectivity index (χ1) is 13.0. The number of nitrogens with one attached hydrogen (secondary N) is 2. The van der Waals surface area contributed by atoms with Gasteiger partial charge in [-0.1, -0.05) is 12.8 Å². The summed E-state index contributed by atoms with van der Waals surface area (Å²) in [6.45, 7) is 4.30. The lowest BCUT2D eigenvalue weighted by molar-refractivity contribution is -0.133. The first kappa shape index (κ1) is 19.0. The fraction of sp³-hybridized carbons (Fsp3) is 0.526. The summed E-state index contributed by atoms with van der Waals surface area (Å²) in [5.74, 6) is 0.311. The first-order valence-corrected chi connectivity index (χ1v) is 9.32. The van der Waals surface area contributed by atoms with Crippen LogP contribution in [0.15, 0.2) is 18.2 Å². The van der Waals surface area contributed by atoms with Crippen molar-refractivity contribution in [1.82, 2.24) is 10.2 Å². The molecule has 1 spiro atoms. The van der Waals surface area contributed by atoms with Crippen molar-refractivity contribution in [1.29, 1.82) is 0 Å². The number of nitrogens with zero attached hydrogens (tertiary/aromatic N) is 1. The van der Waals surface area contributed by atoms with Gasteiger partial charge in [0, 0.05) is 6.07 Å². The van der Waals surface area contributed by atoms with Crippen LogP contribution in [0.25, 0.3) is 0 Å². The van der Waals surface area contributed by atoms with E-state index in [1.54, 1.807) is 18.2 Å². The fourth-order valence-electron chi connectivity index (χ4n) is 3.62. The van der Waals surface area contributed by atoms with Gasteiger partial charge in [0.1, 0.15) is 23.6 Å². The van der Waals surface area contributed by atoms with E-state index in [0.717, 1.165) is 17.7 Å². The molecule has 0 atom stereocenters. The molecule has 8 heteroatoms. The zero-order valence-electron chi connectivity index (χ0n) is 15.7. The van der Waals surface area contributed by atoms with E-state index in [1.165, 1.54) is 0 Å². The van der Waals surface area contributed by atoms with Crippen LogP contribution in [0.4, 0.5) is 10.5 Å². The second-order valence-electron chi connectivity index (χ2n) is 6.68. The maximum atomic E-state index is 12.7. The second-order valence-corrected chi connectivity index (χ2v) is 6.68. The Kier molecular flexibility index (Phi) is 5.53. The quantitative estimate of drug-likeness (QED) is 0.713. The lowest BCUT2D eigenvalue weighted by Gasteiger charge is -2.20. The third-order valence-corrected chi connectivity index (χ3v) is 4.84. The molecule has 2 aliphatic rings. The molecule has 0 unspecified atom stereocenters. The molecule has 2 fully saturated rings. The third kappa shape index (κ3) is 3.84. The van der Waals surface area contributed by atoms with Crippen LogP contribution in [0.3, 0.4) is 0 Å². The molecule has 1 saturated carbocycles. The normalized spacial score (nSPS) is 17.9. The summed E-state index contributed by atoms with van der Waals surface area (Å²) in [5.41, 5.74) is -0.377. The number of carbonyl (C=O) groups excluding carboxylic acids is 3. The molecule has 8 nitrogen and oxygen atoms in total. The molecule has 2 N–H and O–H groups in total. The van der Waals surface area contributed by atoms with Gasteiger partial charge in [-0.05, 0) is 38.8 Å². The topological polar surface area (TPSA) is 97.0 Å². The Balaban J connectivity index is 1.71. The minimum Gasteiger partial charge on any atom is -0.494 e. The number of hydrogen-bond donors (Lipinski definition) is 2. The van der Waals surface area contributed by atoms with E-state index in [1.807, 2.05) is 13.8 Å². The van der Waals surface area contributed by atoms with Crippen LogP contribution in [0, 0.1) is 0 Å². The van der Waals surface area contributed by atoms with E-state index in [4.69, 9.17) is 9.47 Å². The van der Waals surface area contributed by atoms with Crippen molar-refractivity contribution in [3.05, 3.63) is 18.2 Å². The molecule has 146 valence electrons. The molecule has 0 bridgehead atoms. The Morgan fingerprint density at radius 2 is 1.89 bits per heavy atom. The summed E-state index contributed by atoms with van der Waals surface area (Å²) in [5, 5.41) is 5.49. The third-order valence-electron chi connectivity index (χ3n) is 4.84. The van der Waals surface area contributed by atoms with Crippen molar-refractivity contribution in [3.8, 4) is 11.5 Å². The summed E-state index contributed by atoms with van der Waals surface area (Å²) in [4.78, 5) is 38.4.